The van der Waals surface area contributed by atoms with Gasteiger partial charge in [0.05, 0.1) is 27.4 Å². The number of nitrogens with zero attached hydrogens (tertiary/aromatic N) is 1. The Kier molecular flexibility index (Phi) is 12.1. The maximum absolute atomic E-state index is 13.6. The molecule has 15 heteroatoms. The summed E-state index contributed by atoms with van der Waals surface area (Å²) in [6.07, 6.45) is -1.48. The SMILES string of the molecule is COC(=O)OCOCC(=O)[C@H](C[C@@H]1CCN(C(=O)OC)C1=O)NC(=O)[C@H](CC(C)C)NC(=O)c1cc2c(OC)cccc2[nH]1. The van der Waals surface area contributed by atoms with Gasteiger partial charge in [-0.3, -0.25) is 19.2 Å². The number of carbonyl (C=O) groups is 6. The van der Waals surface area contributed by atoms with E-state index in [4.69, 9.17) is 9.47 Å². The molecule has 0 bridgehead atoms. The predicted octanol–water partition coefficient (Wildman–Crippen LogP) is 2.14. The summed E-state index contributed by atoms with van der Waals surface area (Å²) < 4.78 is 24.1. The number of ether oxygens (including phenoxy) is 5. The number of hydrogen-bond acceptors (Lipinski definition) is 11. The number of H-pyrrole nitrogens is 1. The van der Waals surface area contributed by atoms with Gasteiger partial charge in [-0.1, -0.05) is 19.9 Å². The van der Waals surface area contributed by atoms with Crippen LogP contribution in [0.4, 0.5) is 9.59 Å². The molecule has 0 aliphatic carbocycles. The lowest BCUT2D eigenvalue weighted by Gasteiger charge is -2.25. The number of methoxy groups -OCH3 is 3. The van der Waals surface area contributed by atoms with E-state index in [1.54, 1.807) is 24.3 Å². The Morgan fingerprint density at radius 1 is 1.05 bits per heavy atom. The maximum atomic E-state index is 13.6. The van der Waals surface area contributed by atoms with Crippen molar-refractivity contribution in [3.8, 4) is 5.75 Å². The highest BCUT2D eigenvalue weighted by molar-refractivity contribution is 6.02. The predicted molar refractivity (Wildman–Crippen MR) is 154 cm³/mol. The number of ketones is 1. The molecule has 0 spiro atoms. The zero-order valence-corrected chi connectivity index (χ0v) is 25.3. The molecule has 3 rings (SSSR count). The number of nitrogens with one attached hydrogen (secondary N) is 3. The van der Waals surface area contributed by atoms with Crippen LogP contribution >= 0.6 is 0 Å². The number of imide groups is 1. The fraction of sp³-hybridized carbons (Fsp3) is 0.517. The molecule has 3 N–H and O–H groups in total. The zero-order valence-electron chi connectivity index (χ0n) is 25.3. The topological polar surface area (TPSA) is 192 Å². The van der Waals surface area contributed by atoms with E-state index < -0.39 is 67.2 Å². The summed E-state index contributed by atoms with van der Waals surface area (Å²) in [5, 5.41) is 6.08. The first-order chi connectivity index (χ1) is 21.0. The van der Waals surface area contributed by atoms with Crippen LogP contribution in [-0.4, -0.2) is 99.0 Å². The Morgan fingerprint density at radius 3 is 2.45 bits per heavy atom. The lowest BCUT2D eigenvalue weighted by atomic mass is 9.95. The van der Waals surface area contributed by atoms with Crippen molar-refractivity contribution < 1.29 is 52.5 Å². The van der Waals surface area contributed by atoms with Gasteiger partial charge in [0.25, 0.3) is 5.91 Å². The van der Waals surface area contributed by atoms with Gasteiger partial charge < -0.3 is 39.3 Å². The molecule has 1 aliphatic rings. The number of rotatable bonds is 14. The molecule has 1 aromatic heterocycles. The number of hydrogen-bond donors (Lipinski definition) is 3. The first kappa shape index (κ1) is 33.8. The highest BCUT2D eigenvalue weighted by atomic mass is 16.8. The van der Waals surface area contributed by atoms with Gasteiger partial charge in [0.15, 0.2) is 12.6 Å². The van der Waals surface area contributed by atoms with E-state index >= 15 is 0 Å². The second kappa shape index (κ2) is 15.7. The molecular weight excluding hydrogens is 580 g/mol. The summed E-state index contributed by atoms with van der Waals surface area (Å²) in [5.41, 5.74) is 0.876. The van der Waals surface area contributed by atoms with Crippen molar-refractivity contribution in [1.82, 2.24) is 20.5 Å². The van der Waals surface area contributed by atoms with Gasteiger partial charge in [-0.05, 0) is 43.4 Å². The van der Waals surface area contributed by atoms with Crippen LogP contribution in [-0.2, 0) is 33.3 Å². The van der Waals surface area contributed by atoms with E-state index in [1.807, 2.05) is 13.8 Å². The minimum absolute atomic E-state index is 0.0214. The summed E-state index contributed by atoms with van der Waals surface area (Å²) in [6.45, 7) is 2.68. The third kappa shape index (κ3) is 8.69. The van der Waals surface area contributed by atoms with E-state index in [-0.39, 0.29) is 37.4 Å². The Labute approximate surface area is 253 Å². The highest BCUT2D eigenvalue weighted by Crippen LogP contribution is 2.26. The van der Waals surface area contributed by atoms with Crippen molar-refractivity contribution in [3.05, 3.63) is 30.0 Å². The van der Waals surface area contributed by atoms with E-state index in [9.17, 15) is 28.8 Å². The van der Waals surface area contributed by atoms with E-state index in [0.29, 0.717) is 16.7 Å². The van der Waals surface area contributed by atoms with Crippen LogP contribution < -0.4 is 15.4 Å². The van der Waals surface area contributed by atoms with Crippen LogP contribution in [0.1, 0.15) is 43.6 Å². The largest absolute Gasteiger partial charge is 0.510 e. The maximum Gasteiger partial charge on any atom is 0.510 e. The molecule has 0 unspecified atom stereocenters. The molecule has 15 nitrogen and oxygen atoms in total. The zero-order chi connectivity index (χ0) is 32.4. The van der Waals surface area contributed by atoms with Gasteiger partial charge in [0, 0.05) is 23.4 Å². The molecule has 1 saturated heterocycles. The quantitative estimate of drug-likeness (QED) is 0.160. The lowest BCUT2D eigenvalue weighted by Crippen LogP contribution is -2.53. The van der Waals surface area contributed by atoms with Crippen LogP contribution in [0.2, 0.25) is 0 Å². The molecule has 1 aliphatic heterocycles. The highest BCUT2D eigenvalue weighted by Gasteiger charge is 2.39. The molecule has 1 aromatic carbocycles. The van der Waals surface area contributed by atoms with Crippen molar-refractivity contribution in [2.75, 3.05) is 41.3 Å². The first-order valence-corrected chi connectivity index (χ1v) is 14.0. The second-order valence-corrected chi connectivity index (χ2v) is 10.5. The van der Waals surface area contributed by atoms with Gasteiger partial charge in [-0.15, -0.1) is 0 Å². The Hall–Kier alpha value is -4.66. The van der Waals surface area contributed by atoms with Crippen molar-refractivity contribution >= 4 is 46.7 Å². The molecule has 2 heterocycles. The fourth-order valence-electron chi connectivity index (χ4n) is 4.83. The van der Waals surface area contributed by atoms with Gasteiger partial charge >= 0.3 is 12.2 Å². The van der Waals surface area contributed by atoms with Gasteiger partial charge in [0.1, 0.15) is 24.1 Å². The van der Waals surface area contributed by atoms with Gasteiger partial charge in [-0.25, -0.2) is 14.5 Å². The normalized spacial score (nSPS) is 15.9. The molecule has 4 amide bonds. The van der Waals surface area contributed by atoms with Crippen molar-refractivity contribution in [3.63, 3.8) is 0 Å². The van der Waals surface area contributed by atoms with Crippen LogP contribution in [0.3, 0.4) is 0 Å². The van der Waals surface area contributed by atoms with E-state index in [1.165, 1.54) is 7.11 Å². The number of Topliss-reactive ketones (excluding diaryl/α,β-unsaturated/α-hetero) is 1. The Morgan fingerprint density at radius 2 is 1.80 bits per heavy atom. The van der Waals surface area contributed by atoms with Crippen molar-refractivity contribution in [2.45, 2.75) is 45.2 Å². The lowest BCUT2D eigenvalue weighted by molar-refractivity contribution is -0.136. The van der Waals surface area contributed by atoms with E-state index in [2.05, 4.69) is 29.8 Å². The Balaban J connectivity index is 1.77. The standard InChI is InChI=1S/C29H38N4O11/c1-16(2)11-21(32-26(36)22-13-18-19(30-22)7-6-8-24(18)40-3)25(35)31-20(23(34)14-43-15-44-29(39)42-5)12-17-9-10-33(27(17)37)28(38)41-4/h6-8,13,16-17,20-21,30H,9-12,14-15H2,1-5H3,(H,31,35)(H,32,36)/t17-,20-,21-/m0/s1. The summed E-state index contributed by atoms with van der Waals surface area (Å²) in [5.74, 6) is -2.58. The Bertz CT molecular complexity index is 1370. The number of likely N-dealkylation sites (tertiary alicyclic amines) is 1. The third-order valence-corrected chi connectivity index (χ3v) is 7.03. The van der Waals surface area contributed by atoms with Gasteiger partial charge in [0.2, 0.25) is 11.8 Å². The third-order valence-electron chi connectivity index (χ3n) is 7.03. The number of aromatic nitrogens is 1. The first-order valence-electron chi connectivity index (χ1n) is 14.0. The molecule has 3 atom stereocenters. The summed E-state index contributed by atoms with van der Waals surface area (Å²) >= 11 is 0. The molecule has 2 aromatic rings. The molecule has 0 saturated carbocycles. The minimum Gasteiger partial charge on any atom is -0.496 e. The molecular formula is C29H38N4O11. The summed E-state index contributed by atoms with van der Waals surface area (Å²) in [6, 6.07) is 4.67. The number of amides is 4. The number of aromatic amines is 1. The van der Waals surface area contributed by atoms with Crippen LogP contribution in [0, 0.1) is 11.8 Å². The van der Waals surface area contributed by atoms with Crippen LogP contribution in [0.25, 0.3) is 10.9 Å². The van der Waals surface area contributed by atoms with Crippen molar-refractivity contribution in [1.29, 1.82) is 0 Å². The van der Waals surface area contributed by atoms with Gasteiger partial charge in [-0.2, -0.15) is 0 Å². The van der Waals surface area contributed by atoms with E-state index in [0.717, 1.165) is 19.1 Å². The average Bonchev–Trinajstić information content (AvgIpc) is 3.61. The summed E-state index contributed by atoms with van der Waals surface area (Å²) in [4.78, 5) is 79.9. The smallest absolute Gasteiger partial charge is 0.496 e. The summed E-state index contributed by atoms with van der Waals surface area (Å²) in [7, 11) is 3.78. The molecule has 0 radical (unpaired) electrons. The molecule has 240 valence electrons. The van der Waals surface area contributed by atoms with Crippen molar-refractivity contribution in [2.24, 2.45) is 11.8 Å². The molecule has 44 heavy (non-hydrogen) atoms. The number of benzene rings is 1. The number of carbonyl (C=O) groups excluding carboxylic acids is 6. The number of fused-ring (bicyclic) bond motifs is 1. The minimum atomic E-state index is -1.23. The second-order valence-electron chi connectivity index (χ2n) is 10.5. The fourth-order valence-corrected chi connectivity index (χ4v) is 4.83. The average molecular weight is 619 g/mol. The molecule has 1 fully saturated rings. The van der Waals surface area contributed by atoms with Crippen LogP contribution in [0.5, 0.6) is 5.75 Å². The monoisotopic (exact) mass is 618 g/mol. The van der Waals surface area contributed by atoms with Crippen LogP contribution in [0.15, 0.2) is 24.3 Å².